The third-order valence-electron chi connectivity index (χ3n) is 4.49. The highest BCUT2D eigenvalue weighted by atomic mass is 16.3. The van der Waals surface area contributed by atoms with Crippen LogP contribution in [0.2, 0.25) is 0 Å². The lowest BCUT2D eigenvalue weighted by molar-refractivity contribution is -0.142. The molecule has 0 aromatic heterocycles. The Hall–Kier alpha value is -1.08. The van der Waals surface area contributed by atoms with E-state index in [-0.39, 0.29) is 12.5 Å². The van der Waals surface area contributed by atoms with E-state index in [1.165, 1.54) is 0 Å². The summed E-state index contributed by atoms with van der Waals surface area (Å²) in [4.78, 5) is 14.4. The Morgan fingerprint density at radius 3 is 2.39 bits per heavy atom. The van der Waals surface area contributed by atoms with E-state index in [1.54, 1.807) is 0 Å². The van der Waals surface area contributed by atoms with Gasteiger partial charge in [-0.25, -0.2) is 0 Å². The lowest BCUT2D eigenvalue weighted by Crippen LogP contribution is -2.48. The van der Waals surface area contributed by atoms with Crippen molar-refractivity contribution in [3.8, 4) is 6.07 Å². The van der Waals surface area contributed by atoms with Crippen LogP contribution >= 0.6 is 0 Å². The number of hydrogen-bond acceptors (Lipinski definition) is 3. The number of aliphatic hydroxyl groups excluding tert-OH is 1. The first-order valence-electron chi connectivity index (χ1n) is 7.03. The summed E-state index contributed by atoms with van der Waals surface area (Å²) >= 11 is 0. The summed E-state index contributed by atoms with van der Waals surface area (Å²) < 4.78 is 0. The molecule has 0 unspecified atom stereocenters. The average Bonchev–Trinajstić information content (AvgIpc) is 2.47. The molecule has 2 fully saturated rings. The fourth-order valence-electron chi connectivity index (χ4n) is 3.15. The van der Waals surface area contributed by atoms with Crippen molar-refractivity contribution >= 4 is 5.91 Å². The van der Waals surface area contributed by atoms with Gasteiger partial charge in [0.1, 0.15) is 5.41 Å². The van der Waals surface area contributed by atoms with Gasteiger partial charge in [0.15, 0.2) is 0 Å². The molecule has 2 aliphatic rings. The van der Waals surface area contributed by atoms with Gasteiger partial charge >= 0.3 is 0 Å². The Labute approximate surface area is 109 Å². The molecule has 4 nitrogen and oxygen atoms in total. The van der Waals surface area contributed by atoms with Gasteiger partial charge in [0.05, 0.1) is 6.07 Å². The molecule has 1 aliphatic heterocycles. The van der Waals surface area contributed by atoms with E-state index in [1.807, 2.05) is 4.90 Å². The third kappa shape index (κ3) is 2.51. The maximum atomic E-state index is 12.5. The van der Waals surface area contributed by atoms with Gasteiger partial charge in [-0.2, -0.15) is 5.26 Å². The molecule has 1 saturated carbocycles. The second-order valence-corrected chi connectivity index (χ2v) is 5.67. The Morgan fingerprint density at radius 2 is 1.89 bits per heavy atom. The first-order chi connectivity index (χ1) is 8.72. The summed E-state index contributed by atoms with van der Waals surface area (Å²) in [6.45, 7) is 1.62. The molecule has 18 heavy (non-hydrogen) atoms. The number of amides is 1. The lowest BCUT2D eigenvalue weighted by atomic mass is 9.74. The molecule has 1 heterocycles. The molecule has 0 radical (unpaired) electrons. The average molecular weight is 250 g/mol. The van der Waals surface area contributed by atoms with Crippen LogP contribution in [0.1, 0.15) is 44.9 Å². The van der Waals surface area contributed by atoms with Crippen LogP contribution in [0.5, 0.6) is 0 Å². The molecule has 1 saturated heterocycles. The maximum absolute atomic E-state index is 12.5. The van der Waals surface area contributed by atoms with E-state index in [2.05, 4.69) is 6.07 Å². The van der Waals surface area contributed by atoms with Crippen molar-refractivity contribution in [2.24, 2.45) is 11.3 Å². The molecule has 0 bridgehead atoms. The van der Waals surface area contributed by atoms with E-state index in [4.69, 9.17) is 5.11 Å². The minimum atomic E-state index is -0.746. The number of nitriles is 1. The summed E-state index contributed by atoms with van der Waals surface area (Å²) in [5, 5.41) is 18.5. The minimum Gasteiger partial charge on any atom is -0.396 e. The van der Waals surface area contributed by atoms with Gasteiger partial charge in [-0.05, 0) is 31.6 Å². The van der Waals surface area contributed by atoms with Crippen LogP contribution in [0, 0.1) is 22.7 Å². The zero-order valence-corrected chi connectivity index (χ0v) is 10.9. The maximum Gasteiger partial charge on any atom is 0.243 e. The standard InChI is InChI=1S/C14H22N2O2/c15-11-14(6-2-1-3-7-14)13(18)16-8-4-12(10-17)5-9-16/h12,17H,1-10H2. The van der Waals surface area contributed by atoms with E-state index < -0.39 is 5.41 Å². The molecule has 100 valence electrons. The van der Waals surface area contributed by atoms with Gasteiger partial charge in [-0.15, -0.1) is 0 Å². The minimum absolute atomic E-state index is 0.0427. The van der Waals surface area contributed by atoms with Crippen LogP contribution < -0.4 is 0 Å². The predicted octanol–water partition coefficient (Wildman–Crippen LogP) is 1.69. The van der Waals surface area contributed by atoms with Crippen molar-refractivity contribution in [1.82, 2.24) is 4.90 Å². The van der Waals surface area contributed by atoms with Crippen LogP contribution in [0.25, 0.3) is 0 Å². The normalized spacial score (nSPS) is 24.6. The molecular formula is C14H22N2O2. The van der Waals surface area contributed by atoms with Crippen LogP contribution in [0.15, 0.2) is 0 Å². The van der Waals surface area contributed by atoms with E-state index in [9.17, 15) is 10.1 Å². The van der Waals surface area contributed by atoms with Gasteiger partial charge in [-0.3, -0.25) is 4.79 Å². The van der Waals surface area contributed by atoms with Gasteiger partial charge in [0.25, 0.3) is 0 Å². The quantitative estimate of drug-likeness (QED) is 0.811. The fraction of sp³-hybridized carbons (Fsp3) is 0.857. The third-order valence-corrected chi connectivity index (χ3v) is 4.49. The van der Waals surface area contributed by atoms with Gasteiger partial charge in [0.2, 0.25) is 5.91 Å². The van der Waals surface area contributed by atoms with E-state index in [0.717, 1.165) is 44.9 Å². The van der Waals surface area contributed by atoms with Crippen molar-refractivity contribution in [3.05, 3.63) is 0 Å². The summed E-state index contributed by atoms with van der Waals surface area (Å²) in [7, 11) is 0. The van der Waals surface area contributed by atoms with Crippen LogP contribution in [0.4, 0.5) is 0 Å². The van der Waals surface area contributed by atoms with Gasteiger partial charge in [0, 0.05) is 19.7 Å². The number of rotatable bonds is 2. The molecule has 0 aromatic rings. The molecule has 0 spiro atoms. The SMILES string of the molecule is N#CC1(C(=O)N2CCC(CO)CC2)CCCCC1. The topological polar surface area (TPSA) is 64.3 Å². The monoisotopic (exact) mass is 250 g/mol. The number of hydrogen-bond donors (Lipinski definition) is 1. The lowest BCUT2D eigenvalue weighted by Gasteiger charge is -2.38. The molecular weight excluding hydrogens is 228 g/mol. The van der Waals surface area contributed by atoms with Crippen LogP contribution in [-0.4, -0.2) is 35.6 Å². The van der Waals surface area contributed by atoms with E-state index in [0.29, 0.717) is 19.0 Å². The Morgan fingerprint density at radius 1 is 1.28 bits per heavy atom. The highest BCUT2D eigenvalue weighted by Gasteiger charge is 2.43. The number of nitrogens with zero attached hydrogens (tertiary/aromatic N) is 2. The number of likely N-dealkylation sites (tertiary alicyclic amines) is 1. The largest absolute Gasteiger partial charge is 0.396 e. The second kappa shape index (κ2) is 5.71. The molecule has 2 rings (SSSR count). The molecule has 0 aromatic carbocycles. The number of carbonyl (C=O) groups excluding carboxylic acids is 1. The Bertz CT molecular complexity index is 334. The molecule has 1 amide bonds. The number of carbonyl (C=O) groups is 1. The van der Waals surface area contributed by atoms with Crippen LogP contribution in [-0.2, 0) is 4.79 Å². The second-order valence-electron chi connectivity index (χ2n) is 5.67. The highest BCUT2D eigenvalue weighted by Crippen LogP contribution is 2.38. The Kier molecular flexibility index (Phi) is 4.23. The predicted molar refractivity (Wildman–Crippen MR) is 67.5 cm³/mol. The summed E-state index contributed by atoms with van der Waals surface area (Å²) in [5.41, 5.74) is -0.746. The van der Waals surface area contributed by atoms with E-state index >= 15 is 0 Å². The van der Waals surface area contributed by atoms with Crippen molar-refractivity contribution in [1.29, 1.82) is 5.26 Å². The number of aliphatic hydroxyl groups is 1. The molecule has 1 aliphatic carbocycles. The van der Waals surface area contributed by atoms with Crippen molar-refractivity contribution in [2.45, 2.75) is 44.9 Å². The summed E-state index contributed by atoms with van der Waals surface area (Å²) in [6.07, 6.45) is 6.31. The zero-order valence-electron chi connectivity index (χ0n) is 10.9. The van der Waals surface area contributed by atoms with Crippen LogP contribution in [0.3, 0.4) is 0 Å². The first kappa shape index (κ1) is 13.4. The van der Waals surface area contributed by atoms with Gasteiger partial charge < -0.3 is 10.0 Å². The number of piperidine rings is 1. The highest BCUT2D eigenvalue weighted by molar-refractivity contribution is 5.85. The summed E-state index contributed by atoms with van der Waals surface area (Å²) in [5.74, 6) is 0.375. The summed E-state index contributed by atoms with van der Waals surface area (Å²) in [6, 6.07) is 2.30. The first-order valence-corrected chi connectivity index (χ1v) is 7.03. The van der Waals surface area contributed by atoms with Crippen molar-refractivity contribution in [2.75, 3.05) is 19.7 Å². The van der Waals surface area contributed by atoms with Crippen molar-refractivity contribution < 1.29 is 9.90 Å². The zero-order chi connectivity index (χ0) is 13.0. The smallest absolute Gasteiger partial charge is 0.243 e. The van der Waals surface area contributed by atoms with Crippen molar-refractivity contribution in [3.63, 3.8) is 0 Å². The van der Waals surface area contributed by atoms with Gasteiger partial charge in [-0.1, -0.05) is 19.3 Å². The Balaban J connectivity index is 2.00. The fourth-order valence-corrected chi connectivity index (χ4v) is 3.15. The molecule has 0 atom stereocenters. The molecule has 4 heteroatoms. The molecule has 1 N–H and O–H groups in total.